The van der Waals surface area contributed by atoms with Crippen molar-refractivity contribution in [2.45, 2.75) is 6.04 Å². The van der Waals surface area contributed by atoms with Crippen LogP contribution in [0.1, 0.15) is 11.0 Å². The molecule has 3 rings (SSSR count). The Morgan fingerprint density at radius 3 is 2.78 bits per heavy atom. The first-order valence-electron chi connectivity index (χ1n) is 5.50. The van der Waals surface area contributed by atoms with Crippen LogP contribution in [-0.4, -0.2) is 17.5 Å². The summed E-state index contributed by atoms with van der Waals surface area (Å²) in [6, 6.07) is 7.67. The Hall–Kier alpha value is -1.59. The zero-order valence-corrected chi connectivity index (χ0v) is 11.0. The summed E-state index contributed by atoms with van der Waals surface area (Å²) < 4.78 is 0. The highest BCUT2D eigenvalue weighted by molar-refractivity contribution is 7.09. The molecule has 1 aromatic heterocycles. The third-order valence-electron chi connectivity index (χ3n) is 2.83. The standard InChI is InChI=1S/C12H11ClN4S/c13-8-1-3-9(4-2-8)17-10(7-16-12(17)14)11-15-5-6-18-11/h1-6,10H,7H2,(H2,14,16). The molecule has 1 unspecified atom stereocenters. The van der Waals surface area contributed by atoms with Crippen LogP contribution >= 0.6 is 22.9 Å². The van der Waals surface area contributed by atoms with Crippen molar-refractivity contribution in [2.24, 2.45) is 10.7 Å². The lowest BCUT2D eigenvalue weighted by Gasteiger charge is -2.24. The summed E-state index contributed by atoms with van der Waals surface area (Å²) in [4.78, 5) is 10.7. The van der Waals surface area contributed by atoms with Crippen LogP contribution in [0.2, 0.25) is 5.02 Å². The van der Waals surface area contributed by atoms with Gasteiger partial charge in [-0.15, -0.1) is 11.3 Å². The third-order valence-corrected chi connectivity index (χ3v) is 3.95. The summed E-state index contributed by atoms with van der Waals surface area (Å²) >= 11 is 7.52. The van der Waals surface area contributed by atoms with E-state index in [4.69, 9.17) is 17.3 Å². The number of anilines is 1. The maximum Gasteiger partial charge on any atom is 0.196 e. The van der Waals surface area contributed by atoms with Crippen LogP contribution in [0.5, 0.6) is 0 Å². The van der Waals surface area contributed by atoms with Gasteiger partial charge in [0.25, 0.3) is 0 Å². The molecule has 18 heavy (non-hydrogen) atoms. The van der Waals surface area contributed by atoms with E-state index in [-0.39, 0.29) is 6.04 Å². The predicted octanol–water partition coefficient (Wildman–Crippen LogP) is 2.67. The molecule has 0 fully saturated rings. The molecule has 0 aliphatic carbocycles. The Kier molecular flexibility index (Phi) is 2.93. The molecule has 0 radical (unpaired) electrons. The van der Waals surface area contributed by atoms with Gasteiger partial charge in [-0.1, -0.05) is 11.6 Å². The highest BCUT2D eigenvalue weighted by Crippen LogP contribution is 2.32. The van der Waals surface area contributed by atoms with E-state index in [0.717, 1.165) is 10.7 Å². The molecule has 4 nitrogen and oxygen atoms in total. The van der Waals surface area contributed by atoms with E-state index in [9.17, 15) is 0 Å². The number of hydrogen-bond acceptors (Lipinski definition) is 5. The first kappa shape index (κ1) is 11.5. The zero-order chi connectivity index (χ0) is 12.5. The molecule has 0 saturated carbocycles. The molecular formula is C12H11ClN4S. The van der Waals surface area contributed by atoms with E-state index in [2.05, 4.69) is 9.98 Å². The summed E-state index contributed by atoms with van der Waals surface area (Å²) in [6.07, 6.45) is 1.80. The highest BCUT2D eigenvalue weighted by Gasteiger charge is 2.30. The molecule has 6 heteroatoms. The normalized spacial score (nSPS) is 19.1. The Balaban J connectivity index is 1.97. The van der Waals surface area contributed by atoms with Crippen molar-refractivity contribution in [3.63, 3.8) is 0 Å². The smallest absolute Gasteiger partial charge is 0.196 e. The monoisotopic (exact) mass is 278 g/mol. The zero-order valence-electron chi connectivity index (χ0n) is 9.45. The summed E-state index contributed by atoms with van der Waals surface area (Å²) in [7, 11) is 0. The number of benzene rings is 1. The molecule has 0 saturated heterocycles. The fraction of sp³-hybridized carbons (Fsp3) is 0.167. The van der Waals surface area contributed by atoms with Crippen LogP contribution in [0.25, 0.3) is 0 Å². The first-order chi connectivity index (χ1) is 8.75. The van der Waals surface area contributed by atoms with E-state index in [1.807, 2.05) is 34.5 Å². The topological polar surface area (TPSA) is 54.5 Å². The van der Waals surface area contributed by atoms with Gasteiger partial charge in [0, 0.05) is 22.3 Å². The highest BCUT2D eigenvalue weighted by atomic mass is 35.5. The van der Waals surface area contributed by atoms with E-state index in [1.54, 1.807) is 17.5 Å². The van der Waals surface area contributed by atoms with Gasteiger partial charge in [0.2, 0.25) is 0 Å². The lowest BCUT2D eigenvalue weighted by Crippen LogP contribution is -2.36. The van der Waals surface area contributed by atoms with Gasteiger partial charge < -0.3 is 10.6 Å². The van der Waals surface area contributed by atoms with Crippen molar-refractivity contribution >= 4 is 34.6 Å². The molecule has 0 amide bonds. The van der Waals surface area contributed by atoms with Crippen LogP contribution in [0.4, 0.5) is 5.69 Å². The molecule has 92 valence electrons. The number of guanidine groups is 1. The van der Waals surface area contributed by atoms with Crippen molar-refractivity contribution in [1.29, 1.82) is 0 Å². The molecule has 1 atom stereocenters. The van der Waals surface area contributed by atoms with E-state index in [0.29, 0.717) is 17.5 Å². The van der Waals surface area contributed by atoms with Gasteiger partial charge in [-0.3, -0.25) is 4.99 Å². The van der Waals surface area contributed by atoms with E-state index in [1.165, 1.54) is 0 Å². The van der Waals surface area contributed by atoms with Crippen molar-refractivity contribution < 1.29 is 0 Å². The van der Waals surface area contributed by atoms with Crippen molar-refractivity contribution in [3.05, 3.63) is 45.9 Å². The quantitative estimate of drug-likeness (QED) is 0.919. The average molecular weight is 279 g/mol. The van der Waals surface area contributed by atoms with Gasteiger partial charge in [0.1, 0.15) is 11.0 Å². The maximum absolute atomic E-state index is 5.97. The predicted molar refractivity (Wildman–Crippen MR) is 75.3 cm³/mol. The van der Waals surface area contributed by atoms with Gasteiger partial charge in [-0.2, -0.15) is 0 Å². The Labute approximate surface area is 114 Å². The van der Waals surface area contributed by atoms with E-state index < -0.39 is 0 Å². The molecule has 1 aromatic carbocycles. The van der Waals surface area contributed by atoms with Gasteiger partial charge in [-0.05, 0) is 24.3 Å². The number of aliphatic imine (C=N–C) groups is 1. The van der Waals surface area contributed by atoms with Crippen molar-refractivity contribution in [3.8, 4) is 0 Å². The van der Waals surface area contributed by atoms with Crippen LogP contribution in [0, 0.1) is 0 Å². The molecule has 2 heterocycles. The molecule has 0 spiro atoms. The summed E-state index contributed by atoms with van der Waals surface area (Å²) in [5.41, 5.74) is 6.95. The SMILES string of the molecule is NC1=NCC(c2nccs2)N1c1ccc(Cl)cc1. The molecule has 0 bridgehead atoms. The number of halogens is 1. The minimum absolute atomic E-state index is 0.0891. The molecule has 1 aliphatic heterocycles. The fourth-order valence-corrected chi connectivity index (χ4v) is 2.84. The summed E-state index contributed by atoms with van der Waals surface area (Å²) in [6.45, 7) is 0.641. The minimum atomic E-state index is 0.0891. The third kappa shape index (κ3) is 1.95. The Bertz CT molecular complexity index is 564. The second-order valence-electron chi connectivity index (χ2n) is 3.93. The molecule has 2 aromatic rings. The molecular weight excluding hydrogens is 268 g/mol. The van der Waals surface area contributed by atoms with Crippen LogP contribution in [0.15, 0.2) is 40.8 Å². The van der Waals surface area contributed by atoms with Gasteiger partial charge in [0.15, 0.2) is 5.96 Å². The van der Waals surface area contributed by atoms with Crippen LogP contribution < -0.4 is 10.6 Å². The number of nitrogens with zero attached hydrogens (tertiary/aromatic N) is 3. The number of aromatic nitrogens is 1. The van der Waals surface area contributed by atoms with Crippen molar-refractivity contribution in [2.75, 3.05) is 11.4 Å². The summed E-state index contributed by atoms with van der Waals surface area (Å²) in [5, 5.41) is 3.69. The molecule has 2 N–H and O–H groups in total. The van der Waals surface area contributed by atoms with Crippen LogP contribution in [-0.2, 0) is 0 Å². The average Bonchev–Trinajstić information content (AvgIpc) is 2.99. The van der Waals surface area contributed by atoms with Gasteiger partial charge in [-0.25, -0.2) is 4.98 Å². The second-order valence-corrected chi connectivity index (χ2v) is 5.29. The fourth-order valence-electron chi connectivity index (χ4n) is 2.00. The second kappa shape index (κ2) is 4.59. The maximum atomic E-state index is 5.97. The Morgan fingerprint density at radius 2 is 2.11 bits per heavy atom. The lowest BCUT2D eigenvalue weighted by molar-refractivity contribution is 0.760. The number of thiazole rings is 1. The number of nitrogens with two attached hydrogens (primary N) is 1. The largest absolute Gasteiger partial charge is 0.369 e. The number of rotatable bonds is 2. The van der Waals surface area contributed by atoms with E-state index >= 15 is 0 Å². The first-order valence-corrected chi connectivity index (χ1v) is 6.75. The van der Waals surface area contributed by atoms with Gasteiger partial charge >= 0.3 is 0 Å². The number of hydrogen-bond donors (Lipinski definition) is 1. The van der Waals surface area contributed by atoms with Crippen molar-refractivity contribution in [1.82, 2.24) is 4.98 Å². The summed E-state index contributed by atoms with van der Waals surface area (Å²) in [5.74, 6) is 0.525. The van der Waals surface area contributed by atoms with Gasteiger partial charge in [0.05, 0.1) is 6.54 Å². The Morgan fingerprint density at radius 1 is 1.33 bits per heavy atom. The van der Waals surface area contributed by atoms with Crippen LogP contribution in [0.3, 0.4) is 0 Å². The molecule has 1 aliphatic rings. The minimum Gasteiger partial charge on any atom is -0.369 e. The lowest BCUT2D eigenvalue weighted by atomic mass is 10.2.